The third kappa shape index (κ3) is 3.49. The molecule has 0 aliphatic carbocycles. The van der Waals surface area contributed by atoms with Crippen molar-refractivity contribution in [1.82, 2.24) is 0 Å². The number of hydrogen-bond donors (Lipinski definition) is 2. The molecule has 0 aromatic heterocycles. The van der Waals surface area contributed by atoms with Gasteiger partial charge in [0.15, 0.2) is 5.75 Å². The number of carboxylic acid groups (broad SMARTS) is 1. The highest BCUT2D eigenvalue weighted by Gasteiger charge is 2.09. The van der Waals surface area contributed by atoms with Crippen LogP contribution in [0.3, 0.4) is 0 Å². The van der Waals surface area contributed by atoms with Gasteiger partial charge in [-0.1, -0.05) is 23.2 Å². The van der Waals surface area contributed by atoms with Crippen LogP contribution in [0.15, 0.2) is 12.1 Å². The predicted octanol–water partition coefficient (Wildman–Crippen LogP) is 2.43. The van der Waals surface area contributed by atoms with Crippen molar-refractivity contribution in [1.29, 1.82) is 0 Å². The highest BCUT2D eigenvalue weighted by molar-refractivity contribution is 6.37. The Kier molecular flexibility index (Phi) is 4.05. The van der Waals surface area contributed by atoms with Crippen LogP contribution in [0.25, 0.3) is 0 Å². The molecule has 0 aliphatic rings. The lowest BCUT2D eigenvalue weighted by Gasteiger charge is -2.09. The number of benzene rings is 1. The Morgan fingerprint density at radius 1 is 1.40 bits per heavy atom. The summed E-state index contributed by atoms with van der Waals surface area (Å²) in [5.41, 5.74) is 5.91. The van der Waals surface area contributed by atoms with Gasteiger partial charge in [-0.15, -0.1) is 0 Å². The summed E-state index contributed by atoms with van der Waals surface area (Å²) in [5, 5.41) is 8.95. The van der Waals surface area contributed by atoms with Gasteiger partial charge >= 0.3 is 5.97 Å². The number of rotatable bonds is 4. The number of carbonyl (C=O) groups is 1. The van der Waals surface area contributed by atoms with E-state index in [4.69, 9.17) is 38.8 Å². The molecular formula is C9H9Cl2NO3. The number of carboxylic acids is 1. The van der Waals surface area contributed by atoms with E-state index in [-0.39, 0.29) is 28.8 Å². The molecule has 82 valence electrons. The summed E-state index contributed by atoms with van der Waals surface area (Å²) >= 11 is 11.6. The number of halogens is 2. The molecule has 0 saturated carbocycles. The molecule has 15 heavy (non-hydrogen) atoms. The van der Waals surface area contributed by atoms with Gasteiger partial charge < -0.3 is 15.6 Å². The second kappa shape index (κ2) is 5.09. The molecule has 1 aromatic rings. The van der Waals surface area contributed by atoms with Crippen LogP contribution >= 0.6 is 23.2 Å². The van der Waals surface area contributed by atoms with Crippen molar-refractivity contribution in [3.63, 3.8) is 0 Å². The summed E-state index contributed by atoms with van der Waals surface area (Å²) in [6.07, 6.45) is -0.114. The minimum Gasteiger partial charge on any atom is -0.490 e. The number of ether oxygens (including phenoxy) is 1. The zero-order chi connectivity index (χ0) is 11.4. The van der Waals surface area contributed by atoms with Gasteiger partial charge in [-0.05, 0) is 12.1 Å². The van der Waals surface area contributed by atoms with E-state index in [0.29, 0.717) is 5.69 Å². The van der Waals surface area contributed by atoms with Gasteiger partial charge in [0.1, 0.15) is 0 Å². The standard InChI is InChI=1S/C9H9Cl2NO3/c10-6-3-5(12)4-7(11)9(6)15-2-1-8(13)14/h3-4H,1-2,12H2,(H,13,14). The van der Waals surface area contributed by atoms with E-state index < -0.39 is 5.97 Å². The smallest absolute Gasteiger partial charge is 0.306 e. The van der Waals surface area contributed by atoms with Crippen molar-refractivity contribution >= 4 is 34.9 Å². The van der Waals surface area contributed by atoms with Crippen LogP contribution < -0.4 is 10.5 Å². The lowest BCUT2D eigenvalue weighted by molar-refractivity contribution is -0.137. The molecule has 0 atom stereocenters. The average Bonchev–Trinajstić information content (AvgIpc) is 2.08. The van der Waals surface area contributed by atoms with E-state index in [2.05, 4.69) is 0 Å². The molecule has 0 radical (unpaired) electrons. The van der Waals surface area contributed by atoms with E-state index in [0.717, 1.165) is 0 Å². The first-order chi connectivity index (χ1) is 7.00. The first kappa shape index (κ1) is 11.9. The first-order valence-corrected chi connectivity index (χ1v) is 4.85. The van der Waals surface area contributed by atoms with Crippen LogP contribution in [0.2, 0.25) is 10.0 Å². The van der Waals surface area contributed by atoms with E-state index in [1.807, 2.05) is 0 Å². The SMILES string of the molecule is Nc1cc(Cl)c(OCCC(=O)O)c(Cl)c1. The molecule has 4 nitrogen and oxygen atoms in total. The Morgan fingerprint density at radius 2 is 1.93 bits per heavy atom. The van der Waals surface area contributed by atoms with Crippen molar-refractivity contribution in [3.8, 4) is 5.75 Å². The van der Waals surface area contributed by atoms with Gasteiger partial charge in [0.2, 0.25) is 0 Å². The van der Waals surface area contributed by atoms with Gasteiger partial charge in [0.05, 0.1) is 23.1 Å². The number of aliphatic carboxylic acids is 1. The molecule has 6 heteroatoms. The molecule has 3 N–H and O–H groups in total. The summed E-state index contributed by atoms with van der Waals surface area (Å²) in [4.78, 5) is 10.2. The number of nitrogens with two attached hydrogens (primary N) is 1. The van der Waals surface area contributed by atoms with Gasteiger partial charge in [0.25, 0.3) is 0 Å². The fourth-order valence-corrected chi connectivity index (χ4v) is 1.57. The summed E-state index contributed by atoms with van der Waals surface area (Å²) in [6.45, 7) is 0.0126. The molecule has 1 rings (SSSR count). The van der Waals surface area contributed by atoms with E-state index >= 15 is 0 Å². The Labute approximate surface area is 96.5 Å². The van der Waals surface area contributed by atoms with Crippen LogP contribution in [0.1, 0.15) is 6.42 Å². The predicted molar refractivity (Wildman–Crippen MR) is 58.6 cm³/mol. The third-order valence-electron chi connectivity index (χ3n) is 1.58. The van der Waals surface area contributed by atoms with Gasteiger partial charge in [-0.2, -0.15) is 0 Å². The van der Waals surface area contributed by atoms with Gasteiger partial charge in [-0.25, -0.2) is 0 Å². The van der Waals surface area contributed by atoms with Crippen molar-refractivity contribution in [2.24, 2.45) is 0 Å². The van der Waals surface area contributed by atoms with Crippen LogP contribution in [0.5, 0.6) is 5.75 Å². The second-order valence-electron chi connectivity index (χ2n) is 2.81. The topological polar surface area (TPSA) is 72.5 Å². The van der Waals surface area contributed by atoms with Crippen LogP contribution in [-0.4, -0.2) is 17.7 Å². The maximum Gasteiger partial charge on any atom is 0.306 e. The lowest BCUT2D eigenvalue weighted by atomic mass is 10.3. The monoisotopic (exact) mass is 249 g/mol. The summed E-state index contributed by atoms with van der Waals surface area (Å²) in [5.74, 6) is -0.688. The Morgan fingerprint density at radius 3 is 2.40 bits per heavy atom. The van der Waals surface area contributed by atoms with Crippen LogP contribution in [0.4, 0.5) is 5.69 Å². The third-order valence-corrected chi connectivity index (χ3v) is 2.14. The zero-order valence-corrected chi connectivity index (χ0v) is 9.18. The Bertz CT molecular complexity index is 359. The van der Waals surface area contributed by atoms with E-state index in [1.165, 1.54) is 12.1 Å². The number of nitrogen functional groups attached to an aromatic ring is 1. The molecule has 0 spiro atoms. The number of hydrogen-bond acceptors (Lipinski definition) is 3. The normalized spacial score (nSPS) is 10.0. The lowest BCUT2D eigenvalue weighted by Crippen LogP contribution is -2.05. The summed E-state index contributed by atoms with van der Waals surface area (Å²) in [7, 11) is 0. The van der Waals surface area contributed by atoms with Gasteiger partial charge in [-0.3, -0.25) is 4.79 Å². The molecule has 0 saturated heterocycles. The molecule has 0 amide bonds. The van der Waals surface area contributed by atoms with Crippen LogP contribution in [-0.2, 0) is 4.79 Å². The molecule has 0 bridgehead atoms. The quantitative estimate of drug-likeness (QED) is 0.805. The molecule has 1 aromatic carbocycles. The van der Waals surface area contributed by atoms with Crippen molar-refractivity contribution < 1.29 is 14.6 Å². The summed E-state index contributed by atoms with van der Waals surface area (Å²) in [6, 6.07) is 2.98. The zero-order valence-electron chi connectivity index (χ0n) is 7.67. The summed E-state index contributed by atoms with van der Waals surface area (Å²) < 4.78 is 5.13. The highest BCUT2D eigenvalue weighted by Crippen LogP contribution is 2.35. The first-order valence-electron chi connectivity index (χ1n) is 4.10. The van der Waals surface area contributed by atoms with E-state index in [9.17, 15) is 4.79 Å². The highest BCUT2D eigenvalue weighted by atomic mass is 35.5. The second-order valence-corrected chi connectivity index (χ2v) is 3.62. The fraction of sp³-hybridized carbons (Fsp3) is 0.222. The van der Waals surface area contributed by atoms with Crippen LogP contribution in [0, 0.1) is 0 Å². The molecular weight excluding hydrogens is 241 g/mol. The maximum absolute atomic E-state index is 10.2. The van der Waals surface area contributed by atoms with Crippen molar-refractivity contribution in [2.75, 3.05) is 12.3 Å². The van der Waals surface area contributed by atoms with Crippen molar-refractivity contribution in [3.05, 3.63) is 22.2 Å². The molecule has 0 fully saturated rings. The molecule has 0 heterocycles. The average molecular weight is 250 g/mol. The van der Waals surface area contributed by atoms with E-state index in [1.54, 1.807) is 0 Å². The Balaban J connectivity index is 2.72. The molecule has 0 unspecified atom stereocenters. The minimum atomic E-state index is -0.947. The molecule has 0 aliphatic heterocycles. The number of anilines is 1. The maximum atomic E-state index is 10.2. The van der Waals surface area contributed by atoms with Crippen molar-refractivity contribution in [2.45, 2.75) is 6.42 Å². The fourth-order valence-electron chi connectivity index (χ4n) is 0.958. The Hall–Kier alpha value is -1.13. The van der Waals surface area contributed by atoms with Gasteiger partial charge in [0, 0.05) is 5.69 Å². The minimum absolute atomic E-state index is 0.0126. The largest absolute Gasteiger partial charge is 0.490 e.